The van der Waals surface area contributed by atoms with E-state index < -0.39 is 0 Å². The molecule has 1 N–H and O–H groups in total. The lowest BCUT2D eigenvalue weighted by molar-refractivity contribution is -0.118. The van der Waals surface area contributed by atoms with Gasteiger partial charge in [0, 0.05) is 0 Å². The first-order chi connectivity index (χ1) is 11.0. The molecule has 1 aliphatic heterocycles. The van der Waals surface area contributed by atoms with Gasteiger partial charge in [-0.3, -0.25) is 4.79 Å². The quantitative estimate of drug-likeness (QED) is 0.860. The molecule has 7 heteroatoms. The average molecular weight is 369 g/mol. The molecule has 2 aromatic carbocycles. The second-order valence-electron chi connectivity index (χ2n) is 4.94. The van der Waals surface area contributed by atoms with Crippen molar-refractivity contribution >= 4 is 51.7 Å². The van der Waals surface area contributed by atoms with E-state index in [0.29, 0.717) is 27.3 Å². The minimum absolute atomic E-state index is 0.113. The zero-order chi connectivity index (χ0) is 16.4. The summed E-state index contributed by atoms with van der Waals surface area (Å²) in [6.45, 7) is 0. The fourth-order valence-electron chi connectivity index (χ4n) is 2.10. The van der Waals surface area contributed by atoms with Crippen molar-refractivity contribution in [3.05, 3.63) is 63.9 Å². The molecule has 1 aliphatic rings. The van der Waals surface area contributed by atoms with E-state index >= 15 is 0 Å². The second kappa shape index (κ2) is 6.91. The third-order valence-corrected chi connectivity index (χ3v) is 5.07. The van der Waals surface area contributed by atoms with Gasteiger partial charge in [-0.05, 0) is 42.3 Å². The number of nitrogens with one attached hydrogen (secondary N) is 1. The van der Waals surface area contributed by atoms with Crippen molar-refractivity contribution < 1.29 is 9.18 Å². The third kappa shape index (κ3) is 4.05. The first-order valence-corrected chi connectivity index (χ1v) is 8.40. The number of carbonyl (C=O) groups excluding carboxylic acids is 1. The largest absolute Gasteiger partial charge is 0.304 e. The van der Waals surface area contributed by atoms with Gasteiger partial charge in [0.1, 0.15) is 5.82 Å². The maximum absolute atomic E-state index is 12.9. The van der Waals surface area contributed by atoms with E-state index in [1.165, 1.54) is 23.9 Å². The van der Waals surface area contributed by atoms with Gasteiger partial charge in [0.2, 0.25) is 5.91 Å². The van der Waals surface area contributed by atoms with Crippen molar-refractivity contribution in [1.29, 1.82) is 0 Å². The molecule has 0 bridgehead atoms. The lowest BCUT2D eigenvalue weighted by Crippen LogP contribution is -2.25. The summed E-state index contributed by atoms with van der Waals surface area (Å²) in [4.78, 5) is 16.4. The van der Waals surface area contributed by atoms with Crippen LogP contribution in [0.1, 0.15) is 5.56 Å². The molecule has 1 heterocycles. The summed E-state index contributed by atoms with van der Waals surface area (Å²) in [6.07, 6.45) is 0.511. The number of thioether (sulfide) groups is 1. The van der Waals surface area contributed by atoms with Crippen molar-refractivity contribution in [1.82, 2.24) is 5.32 Å². The monoisotopic (exact) mass is 368 g/mol. The summed E-state index contributed by atoms with van der Waals surface area (Å²) in [7, 11) is 0. The fourth-order valence-corrected chi connectivity index (χ4v) is 3.42. The highest BCUT2D eigenvalue weighted by molar-refractivity contribution is 8.15. The van der Waals surface area contributed by atoms with E-state index in [1.54, 1.807) is 30.3 Å². The summed E-state index contributed by atoms with van der Waals surface area (Å²) in [5.41, 5.74) is 1.51. The van der Waals surface area contributed by atoms with Crippen LogP contribution in [0.3, 0.4) is 0 Å². The average Bonchev–Trinajstić information content (AvgIpc) is 2.85. The molecule has 23 heavy (non-hydrogen) atoms. The van der Waals surface area contributed by atoms with E-state index in [0.717, 1.165) is 5.56 Å². The molecule has 1 amide bonds. The summed E-state index contributed by atoms with van der Waals surface area (Å²) in [6, 6.07) is 11.1. The van der Waals surface area contributed by atoms with Gasteiger partial charge < -0.3 is 5.32 Å². The molecular weight excluding hydrogens is 358 g/mol. The van der Waals surface area contributed by atoms with E-state index in [4.69, 9.17) is 23.2 Å². The highest BCUT2D eigenvalue weighted by atomic mass is 35.5. The van der Waals surface area contributed by atoms with Gasteiger partial charge >= 0.3 is 0 Å². The van der Waals surface area contributed by atoms with E-state index in [9.17, 15) is 9.18 Å². The summed E-state index contributed by atoms with van der Waals surface area (Å²) >= 11 is 13.2. The predicted molar refractivity (Wildman–Crippen MR) is 93.2 cm³/mol. The highest BCUT2D eigenvalue weighted by Gasteiger charge is 2.30. The van der Waals surface area contributed by atoms with Crippen molar-refractivity contribution in [3.8, 4) is 0 Å². The minimum Gasteiger partial charge on any atom is -0.304 e. The molecular formula is C16H11Cl2FN2OS. The van der Waals surface area contributed by atoms with Crippen LogP contribution in [0.15, 0.2) is 47.5 Å². The van der Waals surface area contributed by atoms with Gasteiger partial charge in [-0.15, -0.1) is 0 Å². The summed E-state index contributed by atoms with van der Waals surface area (Å²) in [5.74, 6) is -0.405. The number of aliphatic imine (C=N–C) groups is 1. The molecule has 0 unspecified atom stereocenters. The van der Waals surface area contributed by atoms with Crippen LogP contribution in [-0.4, -0.2) is 16.3 Å². The number of amidine groups is 1. The van der Waals surface area contributed by atoms with Crippen LogP contribution in [0, 0.1) is 5.82 Å². The Kier molecular flexibility index (Phi) is 4.90. The van der Waals surface area contributed by atoms with Gasteiger partial charge in [-0.1, -0.05) is 47.1 Å². The molecule has 0 saturated carbocycles. The van der Waals surface area contributed by atoms with E-state index in [-0.39, 0.29) is 17.0 Å². The standard InChI is InChI=1S/C16H11Cl2FN2OS/c17-12-6-5-11(8-13(12)18)20-16-21-15(22)14(23-16)7-9-1-3-10(19)4-2-9/h1-6,8,14H,7H2,(H,20,21,22)/t14-/m0/s1. The van der Waals surface area contributed by atoms with E-state index in [1.807, 2.05) is 0 Å². The van der Waals surface area contributed by atoms with Gasteiger partial charge in [-0.2, -0.15) is 0 Å². The molecule has 2 aromatic rings. The van der Waals surface area contributed by atoms with Gasteiger partial charge in [-0.25, -0.2) is 9.38 Å². The maximum Gasteiger partial charge on any atom is 0.239 e. The Morgan fingerprint density at radius 2 is 1.87 bits per heavy atom. The first kappa shape index (κ1) is 16.3. The normalized spacial score (nSPS) is 19.2. The number of hydrogen-bond donors (Lipinski definition) is 1. The molecule has 1 saturated heterocycles. The van der Waals surface area contributed by atoms with Crippen molar-refractivity contribution in [2.24, 2.45) is 4.99 Å². The number of nitrogens with zero attached hydrogens (tertiary/aromatic N) is 1. The first-order valence-electron chi connectivity index (χ1n) is 6.77. The Morgan fingerprint density at radius 1 is 1.13 bits per heavy atom. The Bertz CT molecular complexity index is 780. The van der Waals surface area contributed by atoms with E-state index in [2.05, 4.69) is 10.3 Å². The Labute approximate surface area is 146 Å². The fraction of sp³-hybridized carbons (Fsp3) is 0.125. The van der Waals surface area contributed by atoms with Crippen molar-refractivity contribution in [2.75, 3.05) is 0 Å². The van der Waals surface area contributed by atoms with Gasteiger partial charge in [0.25, 0.3) is 0 Å². The molecule has 0 aromatic heterocycles. The summed E-state index contributed by atoms with van der Waals surface area (Å²) < 4.78 is 12.9. The lowest BCUT2D eigenvalue weighted by Gasteiger charge is -2.05. The van der Waals surface area contributed by atoms with Crippen LogP contribution in [0.2, 0.25) is 10.0 Å². The van der Waals surface area contributed by atoms with Gasteiger partial charge in [0.15, 0.2) is 5.17 Å². The third-order valence-electron chi connectivity index (χ3n) is 3.24. The smallest absolute Gasteiger partial charge is 0.239 e. The number of rotatable bonds is 3. The van der Waals surface area contributed by atoms with Crippen LogP contribution < -0.4 is 5.32 Å². The molecule has 1 fully saturated rings. The number of amides is 1. The van der Waals surface area contributed by atoms with Crippen LogP contribution >= 0.6 is 35.0 Å². The number of carbonyl (C=O) groups is 1. The SMILES string of the molecule is O=C1NC(=Nc2ccc(Cl)c(Cl)c2)S[C@H]1Cc1ccc(F)cc1. The Morgan fingerprint density at radius 3 is 2.57 bits per heavy atom. The molecule has 0 spiro atoms. The molecule has 118 valence electrons. The zero-order valence-corrected chi connectivity index (χ0v) is 14.1. The van der Waals surface area contributed by atoms with Crippen molar-refractivity contribution in [3.63, 3.8) is 0 Å². The Balaban J connectivity index is 1.72. The highest BCUT2D eigenvalue weighted by Crippen LogP contribution is 2.29. The van der Waals surface area contributed by atoms with Crippen LogP contribution in [0.5, 0.6) is 0 Å². The summed E-state index contributed by atoms with van der Waals surface area (Å²) in [5, 5.41) is 3.83. The number of halogens is 3. The molecule has 3 nitrogen and oxygen atoms in total. The molecule has 1 atom stereocenters. The zero-order valence-electron chi connectivity index (χ0n) is 11.7. The van der Waals surface area contributed by atoms with Gasteiger partial charge in [0.05, 0.1) is 21.0 Å². The van der Waals surface area contributed by atoms with Crippen LogP contribution in [-0.2, 0) is 11.2 Å². The Hall–Kier alpha value is -1.56. The maximum atomic E-state index is 12.9. The molecule has 0 aliphatic carbocycles. The molecule has 3 rings (SSSR count). The number of benzene rings is 2. The number of hydrogen-bond acceptors (Lipinski definition) is 3. The molecule has 0 radical (unpaired) electrons. The predicted octanol–water partition coefficient (Wildman–Crippen LogP) is 4.59. The lowest BCUT2D eigenvalue weighted by atomic mass is 10.1. The minimum atomic E-state index is -0.292. The van der Waals surface area contributed by atoms with Crippen molar-refractivity contribution in [2.45, 2.75) is 11.7 Å². The van der Waals surface area contributed by atoms with Crippen LogP contribution in [0.4, 0.5) is 10.1 Å². The second-order valence-corrected chi connectivity index (χ2v) is 6.95. The van der Waals surface area contributed by atoms with Crippen LogP contribution in [0.25, 0.3) is 0 Å². The topological polar surface area (TPSA) is 41.5 Å².